The first kappa shape index (κ1) is 24.8. The molecule has 0 radical (unpaired) electrons. The molecule has 0 aliphatic heterocycles. The lowest BCUT2D eigenvalue weighted by molar-refractivity contribution is -0.120. The Morgan fingerprint density at radius 1 is 1.12 bits per heavy atom. The van der Waals surface area contributed by atoms with E-state index in [1.165, 1.54) is 6.21 Å². The van der Waals surface area contributed by atoms with Gasteiger partial charge in [-0.3, -0.25) is 4.79 Å². The molecule has 174 valence electrons. The van der Waals surface area contributed by atoms with Gasteiger partial charge < -0.3 is 9.47 Å². The fourth-order valence-electron chi connectivity index (χ4n) is 3.33. The first-order valence-corrected chi connectivity index (χ1v) is 11.2. The Labute approximate surface area is 204 Å². The summed E-state index contributed by atoms with van der Waals surface area (Å²) in [4.78, 5) is 12.3. The zero-order valence-electron chi connectivity index (χ0n) is 19.4. The van der Waals surface area contributed by atoms with E-state index in [4.69, 9.17) is 26.3 Å². The number of nitrogens with one attached hydrogen (secondary N) is 1. The molecule has 3 aromatic rings. The Bertz CT molecular complexity index is 1230. The number of aryl methyl sites for hydroxylation is 2. The summed E-state index contributed by atoms with van der Waals surface area (Å²) >= 11 is 6.47. The molecule has 1 amide bonds. The van der Waals surface area contributed by atoms with Crippen LogP contribution in [0.25, 0.3) is 0 Å². The molecule has 0 fully saturated rings. The summed E-state index contributed by atoms with van der Waals surface area (Å²) in [7, 11) is 0. The standard InChI is InChI=1S/C27H26ClN3O3/c1-4-33-25-13-22(16-30-31-26(32)14-23-10-5-18(2)11-19(23)3)12-24(28)27(25)34-17-21-8-6-20(15-29)7-9-21/h5-13,16H,4,14,17H2,1-3H3,(H,31,32)/b30-16+. The molecule has 0 saturated heterocycles. The minimum absolute atomic E-state index is 0.207. The third kappa shape index (κ3) is 6.84. The molecule has 34 heavy (non-hydrogen) atoms. The van der Waals surface area contributed by atoms with Gasteiger partial charge in [-0.15, -0.1) is 0 Å². The van der Waals surface area contributed by atoms with Crippen molar-refractivity contribution in [2.45, 2.75) is 33.8 Å². The molecule has 3 rings (SSSR count). The molecule has 0 bridgehead atoms. The van der Waals surface area contributed by atoms with E-state index >= 15 is 0 Å². The van der Waals surface area contributed by atoms with Gasteiger partial charge in [0.15, 0.2) is 11.5 Å². The van der Waals surface area contributed by atoms with E-state index in [-0.39, 0.29) is 18.9 Å². The molecular weight excluding hydrogens is 450 g/mol. The van der Waals surface area contributed by atoms with Crippen LogP contribution in [0.1, 0.15) is 40.3 Å². The molecule has 7 heteroatoms. The number of ether oxygens (including phenoxy) is 2. The van der Waals surface area contributed by atoms with Gasteiger partial charge in [0.1, 0.15) is 6.61 Å². The third-order valence-corrected chi connectivity index (χ3v) is 5.33. The molecule has 0 heterocycles. The maximum Gasteiger partial charge on any atom is 0.244 e. The molecule has 0 unspecified atom stereocenters. The Morgan fingerprint density at radius 2 is 1.88 bits per heavy atom. The molecule has 1 N–H and O–H groups in total. The fourth-order valence-corrected chi connectivity index (χ4v) is 3.61. The van der Waals surface area contributed by atoms with Gasteiger partial charge in [0, 0.05) is 0 Å². The Kier molecular flexibility index (Phi) is 8.66. The highest BCUT2D eigenvalue weighted by Gasteiger charge is 2.13. The molecule has 0 aliphatic rings. The second kappa shape index (κ2) is 11.9. The summed E-state index contributed by atoms with van der Waals surface area (Å²) in [6.07, 6.45) is 1.76. The van der Waals surface area contributed by atoms with Crippen LogP contribution >= 0.6 is 11.6 Å². The summed E-state index contributed by atoms with van der Waals surface area (Å²) in [5, 5.41) is 13.3. The van der Waals surface area contributed by atoms with Crippen LogP contribution in [0.5, 0.6) is 11.5 Å². The van der Waals surface area contributed by atoms with E-state index < -0.39 is 0 Å². The summed E-state index contributed by atoms with van der Waals surface area (Å²) in [5.41, 5.74) is 7.89. The van der Waals surface area contributed by atoms with Crippen LogP contribution in [0.3, 0.4) is 0 Å². The van der Waals surface area contributed by atoms with Crippen molar-refractivity contribution < 1.29 is 14.3 Å². The van der Waals surface area contributed by atoms with Crippen molar-refractivity contribution in [1.29, 1.82) is 5.26 Å². The number of rotatable bonds is 9. The predicted octanol–water partition coefficient (Wildman–Crippen LogP) is 5.50. The zero-order chi connectivity index (χ0) is 24.5. The van der Waals surface area contributed by atoms with Crippen molar-refractivity contribution in [3.63, 3.8) is 0 Å². The van der Waals surface area contributed by atoms with E-state index in [1.54, 1.807) is 24.3 Å². The average molecular weight is 476 g/mol. The SMILES string of the molecule is CCOc1cc(/C=N/NC(=O)Cc2ccc(C)cc2C)cc(Cl)c1OCc1ccc(C#N)cc1. The first-order chi connectivity index (χ1) is 16.4. The number of halogens is 1. The molecule has 0 spiro atoms. The quantitative estimate of drug-likeness (QED) is 0.327. The lowest BCUT2D eigenvalue weighted by Crippen LogP contribution is -2.20. The van der Waals surface area contributed by atoms with Crippen LogP contribution in [0.4, 0.5) is 0 Å². The first-order valence-electron chi connectivity index (χ1n) is 10.9. The number of hydrogen-bond acceptors (Lipinski definition) is 5. The third-order valence-electron chi connectivity index (χ3n) is 5.05. The van der Waals surface area contributed by atoms with Crippen molar-refractivity contribution >= 4 is 23.7 Å². The number of carbonyl (C=O) groups excluding carboxylic acids is 1. The summed E-state index contributed by atoms with van der Waals surface area (Å²) in [5.74, 6) is 0.692. The molecular formula is C27H26ClN3O3. The van der Waals surface area contributed by atoms with Crippen molar-refractivity contribution in [1.82, 2.24) is 5.43 Å². The second-order valence-corrected chi connectivity index (χ2v) is 8.17. The summed E-state index contributed by atoms with van der Waals surface area (Å²) in [6, 6.07) is 18.7. The highest BCUT2D eigenvalue weighted by Crippen LogP contribution is 2.37. The van der Waals surface area contributed by atoms with E-state index in [0.717, 1.165) is 22.3 Å². The van der Waals surface area contributed by atoms with Gasteiger partial charge in [0.25, 0.3) is 0 Å². The normalized spacial score (nSPS) is 10.7. The average Bonchev–Trinajstić information content (AvgIpc) is 2.81. The van der Waals surface area contributed by atoms with Crippen molar-refractivity contribution in [2.24, 2.45) is 5.10 Å². The van der Waals surface area contributed by atoms with Gasteiger partial charge in [-0.2, -0.15) is 10.4 Å². The van der Waals surface area contributed by atoms with Crippen LogP contribution in [0, 0.1) is 25.2 Å². The van der Waals surface area contributed by atoms with Crippen molar-refractivity contribution in [3.8, 4) is 17.6 Å². The van der Waals surface area contributed by atoms with Gasteiger partial charge >= 0.3 is 0 Å². The minimum atomic E-state index is -0.207. The lowest BCUT2D eigenvalue weighted by Gasteiger charge is -2.14. The van der Waals surface area contributed by atoms with Crippen LogP contribution in [0.2, 0.25) is 5.02 Å². The zero-order valence-corrected chi connectivity index (χ0v) is 20.1. The van der Waals surface area contributed by atoms with Gasteiger partial charge in [-0.1, -0.05) is 47.5 Å². The van der Waals surface area contributed by atoms with Crippen LogP contribution in [-0.4, -0.2) is 18.7 Å². The molecule has 6 nitrogen and oxygen atoms in total. The van der Waals surface area contributed by atoms with E-state index in [0.29, 0.717) is 34.3 Å². The van der Waals surface area contributed by atoms with Crippen LogP contribution < -0.4 is 14.9 Å². The second-order valence-electron chi connectivity index (χ2n) is 7.76. The fraction of sp³-hybridized carbons (Fsp3) is 0.222. The summed E-state index contributed by atoms with van der Waals surface area (Å²) in [6.45, 7) is 6.57. The molecule has 0 aliphatic carbocycles. The number of carbonyl (C=O) groups is 1. The van der Waals surface area contributed by atoms with E-state index in [9.17, 15) is 4.79 Å². The van der Waals surface area contributed by atoms with Crippen LogP contribution in [0.15, 0.2) is 59.7 Å². The number of hydrazone groups is 1. The minimum Gasteiger partial charge on any atom is -0.490 e. The number of nitriles is 1. The van der Waals surface area contributed by atoms with Crippen molar-refractivity contribution in [2.75, 3.05) is 6.61 Å². The smallest absolute Gasteiger partial charge is 0.244 e. The highest BCUT2D eigenvalue weighted by atomic mass is 35.5. The van der Waals surface area contributed by atoms with Crippen LogP contribution in [-0.2, 0) is 17.8 Å². The maximum atomic E-state index is 12.3. The van der Waals surface area contributed by atoms with E-state index in [2.05, 4.69) is 16.6 Å². The summed E-state index contributed by atoms with van der Waals surface area (Å²) < 4.78 is 11.6. The number of amides is 1. The number of benzene rings is 3. The van der Waals surface area contributed by atoms with Gasteiger partial charge in [0.05, 0.1) is 35.9 Å². The Hall–Kier alpha value is -3.82. The molecule has 0 saturated carbocycles. The Balaban J connectivity index is 1.66. The maximum absolute atomic E-state index is 12.3. The Morgan fingerprint density at radius 3 is 2.56 bits per heavy atom. The lowest BCUT2D eigenvalue weighted by atomic mass is 10.0. The van der Waals surface area contributed by atoms with E-state index in [1.807, 2.05) is 51.1 Å². The topological polar surface area (TPSA) is 83.7 Å². The monoisotopic (exact) mass is 475 g/mol. The van der Waals surface area contributed by atoms with Gasteiger partial charge in [-0.05, 0) is 67.3 Å². The predicted molar refractivity (Wildman–Crippen MR) is 133 cm³/mol. The molecule has 0 atom stereocenters. The van der Waals surface area contributed by atoms with Crippen molar-refractivity contribution in [3.05, 3.63) is 93.0 Å². The molecule has 3 aromatic carbocycles. The number of hydrogen-bond donors (Lipinski definition) is 1. The highest BCUT2D eigenvalue weighted by molar-refractivity contribution is 6.32. The van der Waals surface area contributed by atoms with Gasteiger partial charge in [-0.25, -0.2) is 5.43 Å². The number of nitrogens with zero attached hydrogens (tertiary/aromatic N) is 2. The largest absolute Gasteiger partial charge is 0.490 e. The molecule has 0 aromatic heterocycles. The van der Waals surface area contributed by atoms with Gasteiger partial charge in [0.2, 0.25) is 5.91 Å².